The van der Waals surface area contributed by atoms with E-state index in [1.807, 2.05) is 42.6 Å². The van der Waals surface area contributed by atoms with Crippen LogP contribution in [0.5, 0.6) is 34.5 Å². The summed E-state index contributed by atoms with van der Waals surface area (Å²) in [6, 6.07) is 46.3. The quantitative estimate of drug-likeness (QED) is 0.172. The molecule has 0 spiro atoms. The van der Waals surface area contributed by atoms with E-state index < -0.39 is 0 Å². The van der Waals surface area contributed by atoms with Crippen molar-refractivity contribution in [1.29, 1.82) is 0 Å². The van der Waals surface area contributed by atoms with E-state index in [4.69, 9.17) is 19.2 Å². The molecule has 6 aromatic carbocycles. The molecule has 8 heteroatoms. The minimum atomic E-state index is -0.119. The number of fused-ring (bicyclic) bond motifs is 7. The van der Waals surface area contributed by atoms with Crippen molar-refractivity contribution in [1.82, 2.24) is 9.55 Å². The SMILES string of the molecule is CC(C)(C)c1cc(Oc2ccc3c4ccccc4n(-c4cc(C(C)(C)C)ccn4)c3c2)cc(N2C=CN(c3cc4c5c(c3)Oc3ccccc3N5c3ccccc3O4)C2)c1. The van der Waals surface area contributed by atoms with Gasteiger partial charge in [-0.25, -0.2) is 4.98 Å². The molecule has 0 saturated heterocycles. The lowest BCUT2D eigenvalue weighted by Crippen LogP contribution is -2.26. The van der Waals surface area contributed by atoms with Gasteiger partial charge in [0.1, 0.15) is 23.0 Å². The highest BCUT2D eigenvalue weighted by molar-refractivity contribution is 6.09. The predicted octanol–water partition coefficient (Wildman–Crippen LogP) is 14.0. The van der Waals surface area contributed by atoms with Gasteiger partial charge in [0.25, 0.3) is 0 Å². The molecule has 0 radical (unpaired) electrons. The van der Waals surface area contributed by atoms with Crippen molar-refractivity contribution in [2.45, 2.75) is 52.4 Å². The molecule has 296 valence electrons. The monoisotopic (exact) mass is 787 g/mol. The van der Waals surface area contributed by atoms with Crippen LogP contribution in [-0.4, -0.2) is 16.2 Å². The van der Waals surface area contributed by atoms with E-state index >= 15 is 0 Å². The number of benzene rings is 6. The van der Waals surface area contributed by atoms with Gasteiger partial charge in [0.05, 0.1) is 29.1 Å². The van der Waals surface area contributed by atoms with Crippen molar-refractivity contribution in [2.75, 3.05) is 21.4 Å². The van der Waals surface area contributed by atoms with Gasteiger partial charge in [0.2, 0.25) is 0 Å². The summed E-state index contributed by atoms with van der Waals surface area (Å²) in [5.74, 6) is 5.54. The molecule has 0 bridgehead atoms. The molecule has 0 N–H and O–H groups in total. The van der Waals surface area contributed by atoms with Crippen LogP contribution in [0, 0.1) is 0 Å². The van der Waals surface area contributed by atoms with Crippen LogP contribution in [0.2, 0.25) is 0 Å². The molecule has 0 amide bonds. The maximum Gasteiger partial charge on any atom is 0.157 e. The average Bonchev–Trinajstić information content (AvgIpc) is 3.86. The molecule has 3 aliphatic rings. The third kappa shape index (κ3) is 5.93. The zero-order valence-corrected chi connectivity index (χ0v) is 34.6. The Morgan fingerprint density at radius 1 is 0.533 bits per heavy atom. The number of aromatic nitrogens is 2. The Bertz CT molecular complexity index is 2990. The number of ether oxygens (including phenoxy) is 3. The van der Waals surface area contributed by atoms with Gasteiger partial charge < -0.3 is 24.0 Å². The Kier molecular flexibility index (Phi) is 7.88. The van der Waals surface area contributed by atoms with Crippen molar-refractivity contribution >= 4 is 50.2 Å². The highest BCUT2D eigenvalue weighted by Gasteiger charge is 2.35. The fourth-order valence-corrected chi connectivity index (χ4v) is 8.57. The van der Waals surface area contributed by atoms with Crippen LogP contribution in [0.25, 0.3) is 27.6 Å². The van der Waals surface area contributed by atoms with E-state index in [0.717, 1.165) is 85.2 Å². The second-order valence-electron chi connectivity index (χ2n) is 17.9. The Labute approximate surface area is 350 Å². The van der Waals surface area contributed by atoms with Crippen molar-refractivity contribution in [3.05, 3.63) is 163 Å². The molecule has 60 heavy (non-hydrogen) atoms. The molecule has 5 heterocycles. The number of anilines is 5. The first kappa shape index (κ1) is 35.9. The smallest absolute Gasteiger partial charge is 0.157 e. The van der Waals surface area contributed by atoms with E-state index in [9.17, 15) is 0 Å². The largest absolute Gasteiger partial charge is 0.457 e. The van der Waals surface area contributed by atoms with Gasteiger partial charge in [0.15, 0.2) is 23.0 Å². The summed E-state index contributed by atoms with van der Waals surface area (Å²) in [6.45, 7) is 14.0. The van der Waals surface area contributed by atoms with Crippen LogP contribution >= 0.6 is 0 Å². The lowest BCUT2D eigenvalue weighted by atomic mass is 9.86. The number of pyridine rings is 1. The van der Waals surface area contributed by atoms with Crippen LogP contribution in [0.15, 0.2) is 152 Å². The molecule has 11 rings (SSSR count). The van der Waals surface area contributed by atoms with Crippen molar-refractivity contribution < 1.29 is 14.2 Å². The number of para-hydroxylation sites is 5. The van der Waals surface area contributed by atoms with Crippen molar-refractivity contribution in [2.24, 2.45) is 0 Å². The van der Waals surface area contributed by atoms with Crippen LogP contribution in [-0.2, 0) is 10.8 Å². The average molecular weight is 788 g/mol. The van der Waals surface area contributed by atoms with E-state index in [-0.39, 0.29) is 10.8 Å². The molecule has 3 aliphatic heterocycles. The summed E-state index contributed by atoms with van der Waals surface area (Å²) in [4.78, 5) is 11.6. The van der Waals surface area contributed by atoms with E-state index in [0.29, 0.717) is 6.67 Å². The third-order valence-electron chi connectivity index (χ3n) is 11.8. The van der Waals surface area contributed by atoms with Gasteiger partial charge in [-0.05, 0) is 88.7 Å². The zero-order chi connectivity index (χ0) is 40.9. The summed E-state index contributed by atoms with van der Waals surface area (Å²) in [5, 5.41) is 2.33. The second-order valence-corrected chi connectivity index (χ2v) is 17.9. The van der Waals surface area contributed by atoms with Crippen LogP contribution in [0.1, 0.15) is 52.7 Å². The van der Waals surface area contributed by atoms with E-state index in [1.165, 1.54) is 16.5 Å². The third-order valence-corrected chi connectivity index (χ3v) is 11.8. The fourth-order valence-electron chi connectivity index (χ4n) is 8.57. The standard InChI is InChI=1S/C52H45N5O3/c1-51(2,3)33-21-22-53-49(27-33)56-41-14-8-7-13-39(41)40-20-19-37(31-44(40)56)58-38-26-34(52(4,5)6)25-35(28-38)54-23-24-55(32-54)36-29-47-50-48(30-36)60-46-18-12-10-16-43(46)57(50)42-15-9-11-17-45(42)59-47/h7-31H,32H2,1-6H3. The minimum Gasteiger partial charge on any atom is -0.457 e. The molecule has 0 atom stereocenters. The zero-order valence-electron chi connectivity index (χ0n) is 34.6. The normalized spacial score (nSPS) is 14.2. The number of hydrogen-bond donors (Lipinski definition) is 0. The Balaban J connectivity index is 0.930. The molecule has 8 nitrogen and oxygen atoms in total. The Morgan fingerprint density at radius 3 is 1.83 bits per heavy atom. The summed E-state index contributed by atoms with van der Waals surface area (Å²) in [5.41, 5.74) is 9.33. The highest BCUT2D eigenvalue weighted by Crippen LogP contribution is 2.60. The van der Waals surface area contributed by atoms with Gasteiger partial charge in [0, 0.05) is 65.0 Å². The minimum absolute atomic E-state index is 0.0107. The maximum absolute atomic E-state index is 6.83. The number of rotatable bonds is 5. The molecule has 0 saturated carbocycles. The predicted molar refractivity (Wildman–Crippen MR) is 243 cm³/mol. The van der Waals surface area contributed by atoms with Crippen LogP contribution in [0.4, 0.5) is 28.4 Å². The second kappa shape index (κ2) is 13.2. The van der Waals surface area contributed by atoms with Crippen LogP contribution in [0.3, 0.4) is 0 Å². The topological polar surface area (TPSA) is 55.2 Å². The van der Waals surface area contributed by atoms with Crippen molar-refractivity contribution in [3.8, 4) is 40.3 Å². The first-order chi connectivity index (χ1) is 29.0. The van der Waals surface area contributed by atoms with Gasteiger partial charge in [-0.2, -0.15) is 0 Å². The van der Waals surface area contributed by atoms with Crippen LogP contribution < -0.4 is 28.9 Å². The van der Waals surface area contributed by atoms with E-state index in [1.54, 1.807) is 0 Å². The van der Waals surface area contributed by atoms with Gasteiger partial charge in [-0.3, -0.25) is 9.47 Å². The molecule has 0 unspecified atom stereocenters. The van der Waals surface area contributed by atoms with Gasteiger partial charge in [-0.1, -0.05) is 84.0 Å². The van der Waals surface area contributed by atoms with Gasteiger partial charge >= 0.3 is 0 Å². The fraction of sp³-hybridized carbons (Fsp3) is 0.173. The molecular weight excluding hydrogens is 743 g/mol. The molecular formula is C52H45N5O3. The van der Waals surface area contributed by atoms with Crippen molar-refractivity contribution in [3.63, 3.8) is 0 Å². The van der Waals surface area contributed by atoms with E-state index in [2.05, 4.69) is 170 Å². The Morgan fingerprint density at radius 2 is 1.15 bits per heavy atom. The first-order valence-corrected chi connectivity index (χ1v) is 20.5. The first-order valence-electron chi connectivity index (χ1n) is 20.5. The summed E-state index contributed by atoms with van der Waals surface area (Å²) in [7, 11) is 0. The summed E-state index contributed by atoms with van der Waals surface area (Å²) >= 11 is 0. The molecule has 2 aromatic heterocycles. The summed E-state index contributed by atoms with van der Waals surface area (Å²) in [6.07, 6.45) is 6.15. The lowest BCUT2D eigenvalue weighted by molar-refractivity contribution is 0.446. The molecule has 8 aromatic rings. The maximum atomic E-state index is 6.83. The number of nitrogens with zero attached hydrogens (tertiary/aromatic N) is 5. The molecule has 0 aliphatic carbocycles. The van der Waals surface area contributed by atoms with Gasteiger partial charge in [-0.15, -0.1) is 0 Å². The molecule has 0 fully saturated rings. The Hall–Kier alpha value is -7.19. The number of hydrogen-bond acceptors (Lipinski definition) is 7. The summed E-state index contributed by atoms with van der Waals surface area (Å²) < 4.78 is 22.2. The highest BCUT2D eigenvalue weighted by atomic mass is 16.5. The lowest BCUT2D eigenvalue weighted by Gasteiger charge is -2.38.